The Labute approximate surface area is 251 Å². The molecule has 6 nitrogen and oxygen atoms in total. The van der Waals surface area contributed by atoms with E-state index in [1.165, 1.54) is 30.5 Å². The van der Waals surface area contributed by atoms with Crippen molar-refractivity contribution in [1.29, 1.82) is 0 Å². The van der Waals surface area contributed by atoms with Gasteiger partial charge < -0.3 is 14.0 Å². The fourth-order valence-electron chi connectivity index (χ4n) is 3.74. The monoisotopic (exact) mass is 578 g/mol. The van der Waals surface area contributed by atoms with Crippen molar-refractivity contribution in [2.24, 2.45) is 7.05 Å². The smallest absolute Gasteiger partial charge is 0.242 e. The molecule has 2 heterocycles. The van der Waals surface area contributed by atoms with E-state index in [1.807, 2.05) is 116 Å². The molecule has 2 aromatic rings. The van der Waals surface area contributed by atoms with Gasteiger partial charge in [-0.15, -0.1) is 12.8 Å². The Bertz CT molecular complexity index is 1280. The van der Waals surface area contributed by atoms with E-state index in [9.17, 15) is 9.59 Å². The minimum absolute atomic E-state index is 0.0423. The van der Waals surface area contributed by atoms with E-state index in [0.29, 0.717) is 11.5 Å². The average Bonchev–Trinajstić information content (AvgIpc) is 3.57. The summed E-state index contributed by atoms with van der Waals surface area (Å²) in [5, 5.41) is 0. The zero-order valence-electron chi connectivity index (χ0n) is 26.2. The molecule has 3 rings (SSSR count). The molecule has 1 atom stereocenters. The molecule has 1 aliphatic rings. The van der Waals surface area contributed by atoms with E-state index in [-0.39, 0.29) is 18.5 Å². The molecule has 41 heavy (non-hydrogen) atoms. The lowest BCUT2D eigenvalue weighted by molar-refractivity contribution is -0.119. The van der Waals surface area contributed by atoms with Crippen LogP contribution in [-0.2, 0) is 16.6 Å². The van der Waals surface area contributed by atoms with Crippen LogP contribution in [0.2, 0.25) is 0 Å². The maximum Gasteiger partial charge on any atom is 0.242 e. The number of ketones is 1. The largest absolute Gasteiger partial charge is 0.454 e. The number of aromatic nitrogens is 1. The normalized spacial score (nSPS) is 12.2. The first-order valence-corrected chi connectivity index (χ1v) is 14.5. The second-order valence-corrected chi connectivity index (χ2v) is 9.63. The third-order valence-corrected chi connectivity index (χ3v) is 6.14. The molecule has 0 saturated heterocycles. The number of benzene rings is 1. The van der Waals surface area contributed by atoms with Gasteiger partial charge in [0.2, 0.25) is 12.7 Å². The third kappa shape index (κ3) is 11.3. The van der Waals surface area contributed by atoms with Crippen LogP contribution in [0.4, 0.5) is 0 Å². The fourth-order valence-corrected chi connectivity index (χ4v) is 4.26. The number of allylic oxidation sites excluding steroid dienone is 6. The molecule has 1 amide bonds. The Morgan fingerprint density at radius 2 is 1.63 bits per heavy atom. The van der Waals surface area contributed by atoms with Crippen molar-refractivity contribution in [3.8, 4) is 24.3 Å². The Kier molecular flexibility index (Phi) is 18.2. The lowest BCUT2D eigenvalue weighted by Gasteiger charge is -2.18. The van der Waals surface area contributed by atoms with Gasteiger partial charge in [-0.25, -0.2) is 0 Å². The average molecular weight is 579 g/mol. The summed E-state index contributed by atoms with van der Waals surface area (Å²) < 4.78 is 16.0. The van der Waals surface area contributed by atoms with Gasteiger partial charge in [0.25, 0.3) is 0 Å². The van der Waals surface area contributed by atoms with Crippen LogP contribution in [0.1, 0.15) is 90.6 Å². The van der Waals surface area contributed by atoms with E-state index in [1.54, 1.807) is 6.08 Å². The first-order valence-electron chi connectivity index (χ1n) is 13.7. The quantitative estimate of drug-likeness (QED) is 0.140. The summed E-state index contributed by atoms with van der Waals surface area (Å²) in [4.78, 5) is 26.3. The van der Waals surface area contributed by atoms with E-state index in [4.69, 9.17) is 9.47 Å². The van der Waals surface area contributed by atoms with Gasteiger partial charge >= 0.3 is 0 Å². The summed E-state index contributed by atoms with van der Waals surface area (Å²) in [6, 6.07) is 5.59. The van der Waals surface area contributed by atoms with Gasteiger partial charge in [0, 0.05) is 29.4 Å². The number of nitrogens with zero attached hydrogens (tertiary/aromatic N) is 1. The number of hydrogen-bond acceptors (Lipinski definition) is 5. The standard InChI is InChI=1S/C28H32N2O4S.2C2H6.C2H2/c1-7-8-22-23(16-30(6)24(22)13-10-19(4)31)27(21-12-14-25-26(15-21)34-17-33-25)28(32)29-35-20(5)11-9-18(2)3;3*1-2/h7-16,27H,17H2,1-6H3,(H,29,32);2*1-2H3;1-2H/b8-7-,13-10+,20-11+;;;. The number of terminal acetylenes is 1. The van der Waals surface area contributed by atoms with Crippen LogP contribution < -0.4 is 14.2 Å². The summed E-state index contributed by atoms with van der Waals surface area (Å²) in [7, 11) is 1.91. The molecular weight excluding hydrogens is 532 g/mol. The SMILES string of the molecule is C#C.C/C=C\c1c(C(C(=O)NS/C(C)=C/C=C(C)C)c2ccc3c(c2)OCO3)cn(C)c1/C=C/C(C)=O.CC.CC. The Morgan fingerprint density at radius 1 is 1.00 bits per heavy atom. The molecule has 222 valence electrons. The Balaban J connectivity index is 0.00000250. The van der Waals surface area contributed by atoms with Crippen molar-refractivity contribution in [2.45, 2.75) is 68.2 Å². The molecule has 0 aliphatic carbocycles. The van der Waals surface area contributed by atoms with Crippen molar-refractivity contribution in [3.05, 3.63) is 81.6 Å². The van der Waals surface area contributed by atoms with E-state index in [2.05, 4.69) is 17.6 Å². The van der Waals surface area contributed by atoms with Crippen molar-refractivity contribution in [3.63, 3.8) is 0 Å². The number of hydrogen-bond donors (Lipinski definition) is 1. The second kappa shape index (κ2) is 20.1. The van der Waals surface area contributed by atoms with Gasteiger partial charge in [0.15, 0.2) is 17.3 Å². The van der Waals surface area contributed by atoms with Gasteiger partial charge in [0.05, 0.1) is 5.92 Å². The molecular formula is C34H46N2O4S. The molecule has 1 N–H and O–H groups in total. The molecule has 1 aliphatic heterocycles. The summed E-state index contributed by atoms with van der Waals surface area (Å²) in [5.41, 5.74) is 4.53. The second-order valence-electron chi connectivity index (χ2n) is 8.57. The summed E-state index contributed by atoms with van der Waals surface area (Å²) in [6.07, 6.45) is 21.2. The fraction of sp³-hybridized carbons (Fsp3) is 0.353. The first-order chi connectivity index (χ1) is 19.7. The molecule has 0 spiro atoms. The summed E-state index contributed by atoms with van der Waals surface area (Å²) in [5.74, 6) is 0.476. The topological polar surface area (TPSA) is 69.6 Å². The molecule has 0 saturated carbocycles. The zero-order chi connectivity index (χ0) is 31.5. The number of nitrogens with one attached hydrogen (secondary N) is 1. The molecule has 0 fully saturated rings. The predicted molar refractivity (Wildman–Crippen MR) is 176 cm³/mol. The maximum absolute atomic E-state index is 13.7. The van der Waals surface area contributed by atoms with Crippen LogP contribution in [0.15, 0.2) is 59.2 Å². The highest BCUT2D eigenvalue weighted by molar-refractivity contribution is 8.01. The highest BCUT2D eigenvalue weighted by Crippen LogP contribution is 2.39. The number of carbonyl (C=O) groups excluding carboxylic acids is 2. The van der Waals surface area contributed by atoms with Gasteiger partial charge in [-0.3, -0.25) is 14.3 Å². The van der Waals surface area contributed by atoms with Gasteiger partial charge in [-0.05, 0) is 82.0 Å². The minimum atomic E-state index is -0.606. The molecule has 0 bridgehead atoms. The molecule has 1 aromatic heterocycles. The summed E-state index contributed by atoms with van der Waals surface area (Å²) in [6.45, 7) is 17.6. The van der Waals surface area contributed by atoms with Crippen LogP contribution in [0.3, 0.4) is 0 Å². The highest BCUT2D eigenvalue weighted by Gasteiger charge is 2.29. The number of ether oxygens (including phenoxy) is 2. The molecule has 1 unspecified atom stereocenters. The number of carbonyl (C=O) groups is 2. The zero-order valence-corrected chi connectivity index (χ0v) is 27.0. The summed E-state index contributed by atoms with van der Waals surface area (Å²) >= 11 is 1.29. The van der Waals surface area contributed by atoms with Crippen molar-refractivity contribution in [2.75, 3.05) is 6.79 Å². The van der Waals surface area contributed by atoms with E-state index in [0.717, 1.165) is 27.3 Å². The van der Waals surface area contributed by atoms with Gasteiger partial charge in [-0.2, -0.15) is 0 Å². The maximum atomic E-state index is 13.7. The Morgan fingerprint density at radius 3 is 2.22 bits per heavy atom. The molecule has 7 heteroatoms. The van der Waals surface area contributed by atoms with Crippen molar-refractivity contribution >= 4 is 35.8 Å². The predicted octanol–water partition coefficient (Wildman–Crippen LogP) is 8.46. The first kappa shape index (κ1) is 37.1. The van der Waals surface area contributed by atoms with Crippen molar-refractivity contribution in [1.82, 2.24) is 9.29 Å². The van der Waals surface area contributed by atoms with Gasteiger partial charge in [0.1, 0.15) is 0 Å². The van der Waals surface area contributed by atoms with Crippen LogP contribution in [0.5, 0.6) is 11.5 Å². The van der Waals surface area contributed by atoms with Gasteiger partial charge in [-0.1, -0.05) is 63.6 Å². The van der Waals surface area contributed by atoms with E-state index < -0.39 is 5.92 Å². The Hall–Kier alpha value is -3.89. The van der Waals surface area contributed by atoms with E-state index >= 15 is 0 Å². The number of fused-ring (bicyclic) bond motifs is 1. The third-order valence-electron chi connectivity index (χ3n) is 5.38. The van der Waals surface area contributed by atoms with Crippen molar-refractivity contribution < 1.29 is 19.1 Å². The minimum Gasteiger partial charge on any atom is -0.454 e. The number of aryl methyl sites for hydroxylation is 1. The number of rotatable bonds is 9. The lowest BCUT2D eigenvalue weighted by atomic mass is 9.89. The molecule has 0 radical (unpaired) electrons. The lowest BCUT2D eigenvalue weighted by Crippen LogP contribution is -2.25. The highest BCUT2D eigenvalue weighted by atomic mass is 32.2. The van der Waals surface area contributed by atoms with Crippen LogP contribution >= 0.6 is 11.9 Å². The van der Waals surface area contributed by atoms with Crippen LogP contribution in [0.25, 0.3) is 12.2 Å². The number of amides is 1. The van der Waals surface area contributed by atoms with Crippen LogP contribution in [0, 0.1) is 12.8 Å². The van der Waals surface area contributed by atoms with Crippen LogP contribution in [-0.4, -0.2) is 23.1 Å². The molecule has 1 aromatic carbocycles.